The first kappa shape index (κ1) is 19.7. The van der Waals surface area contributed by atoms with Gasteiger partial charge in [0, 0.05) is 0 Å². The molecule has 1 aromatic rings. The van der Waals surface area contributed by atoms with Gasteiger partial charge in [-0.2, -0.15) is 0 Å². The summed E-state index contributed by atoms with van der Waals surface area (Å²) in [6.07, 6.45) is 20.7. The zero-order valence-corrected chi connectivity index (χ0v) is 17.3. The fourth-order valence-corrected chi connectivity index (χ4v) is 5.14. The van der Waals surface area contributed by atoms with Gasteiger partial charge in [0.15, 0.2) is 0 Å². The van der Waals surface area contributed by atoms with E-state index >= 15 is 0 Å². The monoisotopic (exact) mass is 352 g/mol. The fourth-order valence-electron chi connectivity index (χ4n) is 5.14. The van der Waals surface area contributed by atoms with Crippen LogP contribution < -0.4 is 0 Å². The molecule has 1 aromatic carbocycles. The highest BCUT2D eigenvalue weighted by Gasteiger charge is 2.22. The number of benzene rings is 1. The van der Waals surface area contributed by atoms with Crippen molar-refractivity contribution in [1.82, 2.24) is 0 Å². The van der Waals surface area contributed by atoms with Crippen molar-refractivity contribution in [2.45, 2.75) is 103 Å². The van der Waals surface area contributed by atoms with Crippen LogP contribution in [-0.4, -0.2) is 0 Å². The van der Waals surface area contributed by atoms with E-state index in [9.17, 15) is 0 Å². The molecule has 1 unspecified atom stereocenters. The first-order valence-electron chi connectivity index (χ1n) is 11.6. The summed E-state index contributed by atoms with van der Waals surface area (Å²) in [5, 5.41) is 0. The predicted octanol–water partition coefficient (Wildman–Crippen LogP) is 8.52. The number of allylic oxidation sites excluding steroid dienone is 2. The van der Waals surface area contributed by atoms with Crippen LogP contribution in [0.3, 0.4) is 0 Å². The van der Waals surface area contributed by atoms with Crippen LogP contribution in [0.15, 0.2) is 30.3 Å². The van der Waals surface area contributed by atoms with E-state index in [-0.39, 0.29) is 0 Å². The van der Waals surface area contributed by atoms with Crippen molar-refractivity contribution < 1.29 is 0 Å². The van der Waals surface area contributed by atoms with Gasteiger partial charge in [-0.1, -0.05) is 82.7 Å². The third kappa shape index (κ3) is 5.48. The Bertz CT molecular complexity index is 542. The van der Waals surface area contributed by atoms with Gasteiger partial charge in [-0.15, -0.1) is 0 Å². The predicted molar refractivity (Wildman–Crippen MR) is 116 cm³/mol. The molecule has 1 fully saturated rings. The Morgan fingerprint density at radius 3 is 2.19 bits per heavy atom. The van der Waals surface area contributed by atoms with E-state index in [0.29, 0.717) is 0 Å². The Morgan fingerprint density at radius 2 is 1.58 bits per heavy atom. The molecule has 2 aliphatic carbocycles. The topological polar surface area (TPSA) is 0 Å². The molecule has 0 radical (unpaired) electrons. The molecule has 0 aromatic heterocycles. The minimum atomic E-state index is 0.820. The minimum Gasteiger partial charge on any atom is -0.0804 e. The van der Waals surface area contributed by atoms with E-state index in [1.807, 2.05) is 0 Å². The number of rotatable bonds is 8. The van der Waals surface area contributed by atoms with Gasteiger partial charge in [0.1, 0.15) is 0 Å². The first-order chi connectivity index (χ1) is 12.8. The van der Waals surface area contributed by atoms with Crippen molar-refractivity contribution in [3.63, 3.8) is 0 Å². The van der Waals surface area contributed by atoms with Gasteiger partial charge in [-0.25, -0.2) is 0 Å². The molecule has 0 heteroatoms. The zero-order valence-electron chi connectivity index (χ0n) is 17.3. The van der Waals surface area contributed by atoms with Gasteiger partial charge in [0.2, 0.25) is 0 Å². The molecule has 0 aliphatic heterocycles. The summed E-state index contributed by atoms with van der Waals surface area (Å²) in [6, 6.07) is 9.69. The van der Waals surface area contributed by atoms with Crippen LogP contribution in [0.2, 0.25) is 0 Å². The summed E-state index contributed by atoms with van der Waals surface area (Å²) in [4.78, 5) is 0. The molecule has 0 N–H and O–H groups in total. The Morgan fingerprint density at radius 1 is 0.808 bits per heavy atom. The van der Waals surface area contributed by atoms with Gasteiger partial charge < -0.3 is 0 Å². The summed E-state index contributed by atoms with van der Waals surface area (Å²) in [7, 11) is 0. The van der Waals surface area contributed by atoms with Crippen molar-refractivity contribution in [3.05, 3.63) is 41.5 Å². The van der Waals surface area contributed by atoms with Crippen LogP contribution in [0.4, 0.5) is 0 Å². The minimum absolute atomic E-state index is 0.820. The molecule has 0 nitrogen and oxygen atoms in total. The molecule has 0 amide bonds. The van der Waals surface area contributed by atoms with E-state index in [0.717, 1.165) is 17.8 Å². The van der Waals surface area contributed by atoms with Crippen LogP contribution in [-0.2, 0) is 0 Å². The largest absolute Gasteiger partial charge is 0.0804 e. The van der Waals surface area contributed by atoms with Crippen molar-refractivity contribution in [3.8, 4) is 0 Å². The SMILES string of the molecule is CCCCCCC1CCC(c2ccc(C3=CCC(CC)CC3)cc2)CC1. The Labute approximate surface area is 162 Å². The van der Waals surface area contributed by atoms with Gasteiger partial charge >= 0.3 is 0 Å². The van der Waals surface area contributed by atoms with Crippen molar-refractivity contribution in [2.24, 2.45) is 11.8 Å². The van der Waals surface area contributed by atoms with Crippen molar-refractivity contribution >= 4 is 5.57 Å². The zero-order chi connectivity index (χ0) is 18.2. The van der Waals surface area contributed by atoms with Crippen molar-refractivity contribution in [1.29, 1.82) is 0 Å². The highest BCUT2D eigenvalue weighted by Crippen LogP contribution is 2.38. The average Bonchev–Trinajstić information content (AvgIpc) is 2.72. The lowest BCUT2D eigenvalue weighted by molar-refractivity contribution is 0.302. The Hall–Kier alpha value is -1.04. The molecule has 0 spiro atoms. The van der Waals surface area contributed by atoms with Crippen LogP contribution in [0.1, 0.15) is 114 Å². The average molecular weight is 353 g/mol. The van der Waals surface area contributed by atoms with Crippen LogP contribution in [0.5, 0.6) is 0 Å². The molecule has 3 rings (SSSR count). The summed E-state index contributed by atoms with van der Waals surface area (Å²) in [6.45, 7) is 4.64. The highest BCUT2D eigenvalue weighted by atomic mass is 14.3. The lowest BCUT2D eigenvalue weighted by Gasteiger charge is -2.29. The quantitative estimate of drug-likeness (QED) is 0.411. The summed E-state index contributed by atoms with van der Waals surface area (Å²) in [5.74, 6) is 2.76. The van der Waals surface area contributed by atoms with E-state index in [1.165, 1.54) is 89.0 Å². The molecule has 144 valence electrons. The standard InChI is InChI=1S/C26H40/c1-3-5-6-7-8-22-11-15-24(16-12-22)26-19-17-25(18-20-26)23-13-9-21(4-2)10-14-23/h13,17-22,24H,3-12,14-16H2,1-2H3. The highest BCUT2D eigenvalue weighted by molar-refractivity contribution is 5.66. The normalized spacial score (nSPS) is 26.5. The third-order valence-corrected chi connectivity index (χ3v) is 7.16. The molecule has 0 heterocycles. The number of hydrogen-bond donors (Lipinski definition) is 0. The molecule has 1 atom stereocenters. The van der Waals surface area contributed by atoms with Gasteiger partial charge in [0.25, 0.3) is 0 Å². The van der Waals surface area contributed by atoms with Gasteiger partial charge in [0.05, 0.1) is 0 Å². The van der Waals surface area contributed by atoms with Crippen molar-refractivity contribution in [2.75, 3.05) is 0 Å². The second-order valence-corrected chi connectivity index (χ2v) is 8.97. The molecule has 2 aliphatic rings. The maximum Gasteiger partial charge on any atom is -0.0162 e. The number of unbranched alkanes of at least 4 members (excludes halogenated alkanes) is 3. The molecule has 26 heavy (non-hydrogen) atoms. The van der Waals surface area contributed by atoms with Gasteiger partial charge in [-0.05, 0) is 79.4 Å². The fraction of sp³-hybridized carbons (Fsp3) is 0.692. The second-order valence-electron chi connectivity index (χ2n) is 8.97. The smallest absolute Gasteiger partial charge is 0.0162 e. The van der Waals surface area contributed by atoms with E-state index in [2.05, 4.69) is 44.2 Å². The lowest BCUT2D eigenvalue weighted by Crippen LogP contribution is -2.13. The molecular formula is C26H40. The maximum atomic E-state index is 2.51. The molecule has 0 bridgehead atoms. The number of hydrogen-bond acceptors (Lipinski definition) is 0. The Balaban J connectivity index is 1.47. The molecular weight excluding hydrogens is 312 g/mol. The summed E-state index contributed by atoms with van der Waals surface area (Å²) >= 11 is 0. The van der Waals surface area contributed by atoms with Crippen LogP contribution in [0.25, 0.3) is 5.57 Å². The lowest BCUT2D eigenvalue weighted by atomic mass is 9.76. The first-order valence-corrected chi connectivity index (χ1v) is 11.6. The molecule has 0 saturated heterocycles. The Kier molecular flexibility index (Phi) is 7.84. The second kappa shape index (κ2) is 10.3. The third-order valence-electron chi connectivity index (χ3n) is 7.16. The van der Waals surface area contributed by atoms with Gasteiger partial charge in [-0.3, -0.25) is 0 Å². The summed E-state index contributed by atoms with van der Waals surface area (Å²) < 4.78 is 0. The maximum absolute atomic E-state index is 2.51. The molecule has 1 saturated carbocycles. The van der Waals surface area contributed by atoms with Crippen LogP contribution >= 0.6 is 0 Å². The van der Waals surface area contributed by atoms with E-state index < -0.39 is 0 Å². The van der Waals surface area contributed by atoms with E-state index in [1.54, 1.807) is 11.1 Å². The summed E-state index contributed by atoms with van der Waals surface area (Å²) in [5.41, 5.74) is 4.67. The van der Waals surface area contributed by atoms with E-state index in [4.69, 9.17) is 0 Å². The van der Waals surface area contributed by atoms with Crippen LogP contribution in [0, 0.1) is 11.8 Å².